The van der Waals surface area contributed by atoms with Gasteiger partial charge < -0.3 is 0 Å². The number of aromatic nitrogens is 2. The summed E-state index contributed by atoms with van der Waals surface area (Å²) in [5.41, 5.74) is 5.77. The molecule has 0 bridgehead atoms. The standard InChI is InChI=1S/C7H6N4OS/c12-4-9-11-7-10-5-2-1-3-8-6(5)13-7/h1-4H,(H,9,12)(H,10,11). The van der Waals surface area contributed by atoms with Crippen LogP contribution < -0.4 is 10.9 Å². The Labute approximate surface area is 77.8 Å². The SMILES string of the molecule is O=CNNc1nc2cccnc2s1. The summed E-state index contributed by atoms with van der Waals surface area (Å²) in [6, 6.07) is 3.68. The van der Waals surface area contributed by atoms with Gasteiger partial charge in [0.25, 0.3) is 0 Å². The van der Waals surface area contributed by atoms with Crippen molar-refractivity contribution in [1.82, 2.24) is 15.4 Å². The van der Waals surface area contributed by atoms with Crippen LogP contribution in [0.4, 0.5) is 5.13 Å². The van der Waals surface area contributed by atoms with Crippen LogP contribution in [0.2, 0.25) is 0 Å². The zero-order valence-electron chi connectivity index (χ0n) is 6.52. The summed E-state index contributed by atoms with van der Waals surface area (Å²) in [4.78, 5) is 19.1. The third-order valence-corrected chi connectivity index (χ3v) is 2.30. The summed E-state index contributed by atoms with van der Waals surface area (Å²) >= 11 is 1.38. The molecular formula is C7H6N4OS. The van der Waals surface area contributed by atoms with Crippen molar-refractivity contribution in [3.63, 3.8) is 0 Å². The normalized spacial score (nSPS) is 9.85. The van der Waals surface area contributed by atoms with Crippen LogP contribution >= 0.6 is 11.3 Å². The van der Waals surface area contributed by atoms with Crippen LogP contribution in [0.5, 0.6) is 0 Å². The summed E-state index contributed by atoms with van der Waals surface area (Å²) in [5.74, 6) is 0. The predicted molar refractivity (Wildman–Crippen MR) is 50.2 cm³/mol. The van der Waals surface area contributed by atoms with Crippen molar-refractivity contribution in [3.8, 4) is 0 Å². The average Bonchev–Trinajstić information content (AvgIpc) is 2.57. The molecule has 0 fully saturated rings. The second kappa shape index (κ2) is 3.36. The Balaban J connectivity index is 2.32. The van der Waals surface area contributed by atoms with Crippen molar-refractivity contribution in [2.24, 2.45) is 0 Å². The fourth-order valence-corrected chi connectivity index (χ4v) is 1.68. The highest BCUT2D eigenvalue weighted by atomic mass is 32.1. The minimum atomic E-state index is 0.555. The molecule has 2 heterocycles. The topological polar surface area (TPSA) is 66.9 Å². The zero-order chi connectivity index (χ0) is 9.10. The first-order valence-corrected chi connectivity index (χ1v) is 4.38. The number of anilines is 1. The minimum Gasteiger partial charge on any atom is -0.277 e. The molecule has 2 aromatic heterocycles. The van der Waals surface area contributed by atoms with E-state index in [1.807, 2.05) is 12.1 Å². The van der Waals surface area contributed by atoms with Gasteiger partial charge in [-0.3, -0.25) is 15.6 Å². The Kier molecular flexibility index (Phi) is 2.05. The summed E-state index contributed by atoms with van der Waals surface area (Å²) in [7, 11) is 0. The summed E-state index contributed by atoms with van der Waals surface area (Å²) in [6.45, 7) is 0. The lowest BCUT2D eigenvalue weighted by atomic mass is 10.5. The van der Waals surface area contributed by atoms with E-state index in [1.165, 1.54) is 11.3 Å². The highest BCUT2D eigenvalue weighted by Gasteiger charge is 2.01. The summed E-state index contributed by atoms with van der Waals surface area (Å²) in [5, 5.41) is 0.626. The van der Waals surface area contributed by atoms with Crippen LogP contribution in [-0.4, -0.2) is 16.4 Å². The molecule has 0 saturated heterocycles. The van der Waals surface area contributed by atoms with Gasteiger partial charge in [-0.25, -0.2) is 9.97 Å². The fourth-order valence-electron chi connectivity index (χ4n) is 0.915. The number of hydrogen-bond donors (Lipinski definition) is 2. The Morgan fingerprint density at radius 3 is 3.23 bits per heavy atom. The summed E-state index contributed by atoms with van der Waals surface area (Å²) < 4.78 is 0. The number of nitrogens with zero attached hydrogens (tertiary/aromatic N) is 2. The van der Waals surface area contributed by atoms with Crippen LogP contribution in [0.25, 0.3) is 10.3 Å². The van der Waals surface area contributed by atoms with E-state index in [2.05, 4.69) is 20.8 Å². The molecule has 0 aliphatic rings. The van der Waals surface area contributed by atoms with Gasteiger partial charge in [0.2, 0.25) is 11.5 Å². The maximum Gasteiger partial charge on any atom is 0.225 e. The first kappa shape index (κ1) is 7.93. The number of hydrogen-bond acceptors (Lipinski definition) is 5. The van der Waals surface area contributed by atoms with E-state index >= 15 is 0 Å². The number of thiazole rings is 1. The van der Waals surface area contributed by atoms with E-state index in [-0.39, 0.29) is 0 Å². The Morgan fingerprint density at radius 1 is 1.54 bits per heavy atom. The highest BCUT2D eigenvalue weighted by Crippen LogP contribution is 2.22. The van der Waals surface area contributed by atoms with Gasteiger partial charge in [-0.05, 0) is 12.1 Å². The Morgan fingerprint density at radius 2 is 2.46 bits per heavy atom. The van der Waals surface area contributed by atoms with Crippen molar-refractivity contribution < 1.29 is 4.79 Å². The number of fused-ring (bicyclic) bond motifs is 1. The van der Waals surface area contributed by atoms with E-state index in [4.69, 9.17) is 0 Å². The lowest BCUT2D eigenvalue weighted by Gasteiger charge is -1.94. The van der Waals surface area contributed by atoms with Crippen LogP contribution in [0.15, 0.2) is 18.3 Å². The second-order valence-corrected chi connectivity index (χ2v) is 3.21. The predicted octanol–water partition coefficient (Wildman–Crippen LogP) is 0.764. The first-order chi connectivity index (χ1) is 6.40. The van der Waals surface area contributed by atoms with Crippen LogP contribution in [0.1, 0.15) is 0 Å². The van der Waals surface area contributed by atoms with Crippen molar-refractivity contribution in [3.05, 3.63) is 18.3 Å². The van der Waals surface area contributed by atoms with Gasteiger partial charge in [-0.2, -0.15) is 0 Å². The number of amides is 1. The quantitative estimate of drug-likeness (QED) is 0.559. The maximum absolute atomic E-state index is 9.98. The molecule has 0 atom stereocenters. The molecule has 0 aliphatic heterocycles. The van der Waals surface area contributed by atoms with Crippen molar-refractivity contribution in [2.75, 3.05) is 5.43 Å². The fraction of sp³-hybridized carbons (Fsp3) is 0. The first-order valence-electron chi connectivity index (χ1n) is 3.57. The molecule has 2 N–H and O–H groups in total. The molecule has 2 rings (SSSR count). The number of carbonyl (C=O) groups excluding carboxylic acids is 1. The molecule has 1 amide bonds. The van der Waals surface area contributed by atoms with Crippen LogP contribution in [0, 0.1) is 0 Å². The van der Waals surface area contributed by atoms with E-state index in [9.17, 15) is 4.79 Å². The van der Waals surface area contributed by atoms with Crippen molar-refractivity contribution in [2.45, 2.75) is 0 Å². The monoisotopic (exact) mass is 194 g/mol. The molecule has 6 heteroatoms. The molecule has 66 valence electrons. The number of carbonyl (C=O) groups is 1. The molecule has 0 radical (unpaired) electrons. The zero-order valence-corrected chi connectivity index (χ0v) is 7.34. The maximum atomic E-state index is 9.98. The van der Waals surface area contributed by atoms with Gasteiger partial charge in [-0.1, -0.05) is 11.3 Å². The Bertz CT molecular complexity index is 394. The van der Waals surface area contributed by atoms with E-state index in [0.717, 1.165) is 10.3 Å². The van der Waals surface area contributed by atoms with Gasteiger partial charge >= 0.3 is 0 Å². The van der Waals surface area contributed by atoms with Crippen molar-refractivity contribution in [1.29, 1.82) is 0 Å². The van der Waals surface area contributed by atoms with E-state index in [0.29, 0.717) is 11.5 Å². The van der Waals surface area contributed by atoms with E-state index < -0.39 is 0 Å². The smallest absolute Gasteiger partial charge is 0.225 e. The Hall–Kier alpha value is -1.69. The second-order valence-electron chi connectivity index (χ2n) is 2.23. The molecular weight excluding hydrogens is 188 g/mol. The van der Waals surface area contributed by atoms with Crippen molar-refractivity contribution >= 4 is 33.2 Å². The molecule has 5 nitrogen and oxygen atoms in total. The average molecular weight is 194 g/mol. The van der Waals surface area contributed by atoms with Gasteiger partial charge in [0.15, 0.2) is 0 Å². The molecule has 13 heavy (non-hydrogen) atoms. The largest absolute Gasteiger partial charge is 0.277 e. The van der Waals surface area contributed by atoms with Gasteiger partial charge in [0, 0.05) is 6.20 Å². The number of pyridine rings is 1. The van der Waals surface area contributed by atoms with E-state index in [1.54, 1.807) is 6.20 Å². The van der Waals surface area contributed by atoms with Crippen LogP contribution in [-0.2, 0) is 4.79 Å². The van der Waals surface area contributed by atoms with Gasteiger partial charge in [-0.15, -0.1) is 0 Å². The van der Waals surface area contributed by atoms with Crippen LogP contribution in [0.3, 0.4) is 0 Å². The number of nitrogens with one attached hydrogen (secondary N) is 2. The van der Waals surface area contributed by atoms with Gasteiger partial charge in [0.05, 0.1) is 0 Å². The highest BCUT2D eigenvalue weighted by molar-refractivity contribution is 7.21. The molecule has 0 spiro atoms. The third-order valence-electron chi connectivity index (χ3n) is 1.40. The number of rotatable bonds is 3. The minimum absolute atomic E-state index is 0.555. The molecule has 0 aromatic carbocycles. The third kappa shape index (κ3) is 1.57. The molecule has 0 unspecified atom stereocenters. The lowest BCUT2D eigenvalue weighted by Crippen LogP contribution is -2.18. The molecule has 0 aliphatic carbocycles. The van der Waals surface area contributed by atoms with Gasteiger partial charge in [0.1, 0.15) is 10.3 Å². The molecule has 0 saturated carbocycles. The number of hydrazine groups is 1. The summed E-state index contributed by atoms with van der Waals surface area (Å²) in [6.07, 6.45) is 2.26. The lowest BCUT2D eigenvalue weighted by molar-refractivity contribution is -0.109. The molecule has 2 aromatic rings.